The van der Waals surface area contributed by atoms with Crippen molar-refractivity contribution in [3.8, 4) is 5.75 Å². The number of nitrogens with zero attached hydrogens (tertiary/aromatic N) is 3. The average molecular weight is 278 g/mol. The fraction of sp³-hybridized carbons (Fsp3) is 0.385. The molecule has 0 aliphatic carbocycles. The lowest BCUT2D eigenvalue weighted by molar-refractivity contribution is 0.343. The minimum absolute atomic E-state index is 0.428. The number of ether oxygens (including phenoxy) is 1. The summed E-state index contributed by atoms with van der Waals surface area (Å²) in [5, 5.41) is 8.60. The zero-order chi connectivity index (χ0) is 13.8. The highest BCUT2D eigenvalue weighted by Gasteiger charge is 2.05. The van der Waals surface area contributed by atoms with Crippen LogP contribution in [0.25, 0.3) is 0 Å². The molecule has 0 aliphatic heterocycles. The van der Waals surface area contributed by atoms with Gasteiger partial charge in [-0.25, -0.2) is 0 Å². The van der Waals surface area contributed by atoms with Gasteiger partial charge >= 0.3 is 0 Å². The van der Waals surface area contributed by atoms with E-state index in [1.165, 1.54) is 11.1 Å². The largest absolute Gasteiger partial charge is 0.493 e. The maximum Gasteiger partial charge on any atom is 0.222 e. The van der Waals surface area contributed by atoms with E-state index in [9.17, 15) is 0 Å². The molecule has 2 rings (SSSR count). The van der Waals surface area contributed by atoms with Crippen LogP contribution in [0.15, 0.2) is 23.4 Å². The quantitative estimate of drug-likeness (QED) is 0.671. The normalized spacial score (nSPS) is 10.7. The van der Waals surface area contributed by atoms with Crippen LogP contribution < -0.4 is 10.5 Å². The van der Waals surface area contributed by atoms with Crippen LogP contribution in [-0.4, -0.2) is 27.1 Å². The first-order valence-electron chi connectivity index (χ1n) is 6.05. The third-order valence-corrected chi connectivity index (χ3v) is 3.63. The van der Waals surface area contributed by atoms with Crippen molar-refractivity contribution < 1.29 is 4.74 Å². The Labute approximate surface area is 117 Å². The minimum Gasteiger partial charge on any atom is -0.493 e. The van der Waals surface area contributed by atoms with Crippen molar-refractivity contribution in [3.05, 3.63) is 29.3 Å². The first-order valence-corrected chi connectivity index (χ1v) is 7.03. The molecular weight excluding hydrogens is 260 g/mol. The summed E-state index contributed by atoms with van der Waals surface area (Å²) in [6.07, 6.45) is 0. The summed E-state index contributed by atoms with van der Waals surface area (Å²) in [6.45, 7) is 4.76. The second-order valence-electron chi connectivity index (χ2n) is 4.42. The van der Waals surface area contributed by atoms with Gasteiger partial charge in [0.1, 0.15) is 5.75 Å². The van der Waals surface area contributed by atoms with Crippen LogP contribution in [0.2, 0.25) is 0 Å². The third kappa shape index (κ3) is 3.64. The van der Waals surface area contributed by atoms with Crippen molar-refractivity contribution in [2.24, 2.45) is 7.05 Å². The van der Waals surface area contributed by atoms with E-state index in [1.807, 2.05) is 19.2 Å². The number of aryl methyl sites for hydroxylation is 2. The Hall–Kier alpha value is -1.69. The molecule has 1 heterocycles. The van der Waals surface area contributed by atoms with Gasteiger partial charge in [0.05, 0.1) is 6.61 Å². The lowest BCUT2D eigenvalue weighted by atomic mass is 10.1. The van der Waals surface area contributed by atoms with Crippen molar-refractivity contribution >= 4 is 17.7 Å². The smallest absolute Gasteiger partial charge is 0.222 e. The fourth-order valence-corrected chi connectivity index (χ4v) is 2.50. The molecular formula is C13H18N4OS. The molecule has 0 spiro atoms. The van der Waals surface area contributed by atoms with Gasteiger partial charge in [-0.2, -0.15) is 0 Å². The van der Waals surface area contributed by atoms with E-state index in [1.54, 1.807) is 16.3 Å². The van der Waals surface area contributed by atoms with Gasteiger partial charge in [0.2, 0.25) is 5.95 Å². The summed E-state index contributed by atoms with van der Waals surface area (Å²) in [6, 6.07) is 6.21. The summed E-state index contributed by atoms with van der Waals surface area (Å²) < 4.78 is 7.49. The molecule has 19 heavy (non-hydrogen) atoms. The molecule has 1 aromatic heterocycles. The van der Waals surface area contributed by atoms with E-state index in [-0.39, 0.29) is 0 Å². The molecule has 0 saturated carbocycles. The number of rotatable bonds is 5. The monoisotopic (exact) mass is 278 g/mol. The molecule has 2 aromatic rings. The van der Waals surface area contributed by atoms with E-state index < -0.39 is 0 Å². The highest BCUT2D eigenvalue weighted by atomic mass is 32.2. The Morgan fingerprint density at radius 3 is 2.47 bits per heavy atom. The Bertz CT molecular complexity index is 548. The van der Waals surface area contributed by atoms with Gasteiger partial charge in [0.25, 0.3) is 0 Å². The topological polar surface area (TPSA) is 66.0 Å². The van der Waals surface area contributed by atoms with Crippen LogP contribution in [0.4, 0.5) is 5.95 Å². The van der Waals surface area contributed by atoms with E-state index in [0.29, 0.717) is 12.6 Å². The van der Waals surface area contributed by atoms with E-state index in [4.69, 9.17) is 10.5 Å². The van der Waals surface area contributed by atoms with E-state index in [2.05, 4.69) is 30.1 Å². The number of aromatic nitrogens is 3. The molecule has 6 heteroatoms. The van der Waals surface area contributed by atoms with Crippen molar-refractivity contribution in [1.29, 1.82) is 0 Å². The predicted octanol–water partition coefficient (Wildman–Crippen LogP) is 2.19. The third-order valence-electron chi connectivity index (χ3n) is 2.65. The molecule has 0 bridgehead atoms. The van der Waals surface area contributed by atoms with Gasteiger partial charge in [0, 0.05) is 12.8 Å². The number of nitrogen functional groups attached to an aromatic ring is 1. The predicted molar refractivity (Wildman–Crippen MR) is 77.6 cm³/mol. The zero-order valence-corrected chi connectivity index (χ0v) is 12.2. The van der Waals surface area contributed by atoms with Gasteiger partial charge in [-0.15, -0.1) is 10.2 Å². The Morgan fingerprint density at radius 1 is 1.21 bits per heavy atom. The standard InChI is InChI=1S/C13H18N4OS/c1-9-6-10(2)8-11(7-9)18-4-5-19-13-16-15-12(14)17(13)3/h6-8H,4-5H2,1-3H3,(H2,14,15). The summed E-state index contributed by atoms with van der Waals surface area (Å²) >= 11 is 1.58. The first-order chi connectivity index (χ1) is 9.06. The number of benzene rings is 1. The maximum atomic E-state index is 5.73. The van der Waals surface area contributed by atoms with Gasteiger partial charge in [-0.1, -0.05) is 17.8 Å². The van der Waals surface area contributed by atoms with Gasteiger partial charge in [-0.3, -0.25) is 4.57 Å². The molecule has 0 aliphatic rings. The van der Waals surface area contributed by atoms with E-state index >= 15 is 0 Å². The maximum absolute atomic E-state index is 5.73. The van der Waals surface area contributed by atoms with E-state index in [0.717, 1.165) is 16.7 Å². The highest BCUT2D eigenvalue weighted by molar-refractivity contribution is 7.99. The summed E-state index contributed by atoms with van der Waals surface area (Å²) in [5.74, 6) is 2.15. The SMILES string of the molecule is Cc1cc(C)cc(OCCSc2nnc(N)n2C)c1. The van der Waals surface area contributed by atoms with Crippen LogP contribution >= 0.6 is 11.8 Å². The second kappa shape index (κ2) is 5.97. The lowest BCUT2D eigenvalue weighted by Gasteiger charge is -2.07. The van der Waals surface area contributed by atoms with Crippen LogP contribution in [0.3, 0.4) is 0 Å². The van der Waals surface area contributed by atoms with Crippen molar-refractivity contribution in [2.75, 3.05) is 18.1 Å². The van der Waals surface area contributed by atoms with Gasteiger partial charge in [0.15, 0.2) is 5.16 Å². The average Bonchev–Trinajstić information content (AvgIpc) is 2.65. The van der Waals surface area contributed by atoms with Crippen LogP contribution in [0, 0.1) is 13.8 Å². The summed E-state index contributed by atoms with van der Waals surface area (Å²) in [7, 11) is 1.85. The Morgan fingerprint density at radius 2 is 1.89 bits per heavy atom. The van der Waals surface area contributed by atoms with Gasteiger partial charge in [-0.05, 0) is 37.1 Å². The highest BCUT2D eigenvalue weighted by Crippen LogP contribution is 2.19. The molecule has 0 atom stereocenters. The van der Waals surface area contributed by atoms with Crippen molar-refractivity contribution in [2.45, 2.75) is 19.0 Å². The van der Waals surface area contributed by atoms with Crippen molar-refractivity contribution in [3.63, 3.8) is 0 Å². The first kappa shape index (κ1) is 13.7. The number of nitrogens with two attached hydrogens (primary N) is 1. The van der Waals surface area contributed by atoms with Gasteiger partial charge < -0.3 is 10.5 Å². The molecule has 0 fully saturated rings. The molecule has 0 radical (unpaired) electrons. The summed E-state index contributed by atoms with van der Waals surface area (Å²) in [5.41, 5.74) is 8.04. The van der Waals surface area contributed by atoms with Crippen LogP contribution in [0.5, 0.6) is 5.75 Å². The molecule has 5 nitrogen and oxygen atoms in total. The number of anilines is 1. The van der Waals surface area contributed by atoms with Crippen LogP contribution in [-0.2, 0) is 7.05 Å². The second-order valence-corrected chi connectivity index (χ2v) is 5.48. The number of hydrogen-bond donors (Lipinski definition) is 1. The summed E-state index contributed by atoms with van der Waals surface area (Å²) in [4.78, 5) is 0. The molecule has 1 aromatic carbocycles. The van der Waals surface area contributed by atoms with Crippen molar-refractivity contribution in [1.82, 2.24) is 14.8 Å². The molecule has 2 N–H and O–H groups in total. The lowest BCUT2D eigenvalue weighted by Crippen LogP contribution is -2.03. The number of hydrogen-bond acceptors (Lipinski definition) is 5. The molecule has 0 unspecified atom stereocenters. The fourth-order valence-electron chi connectivity index (χ4n) is 1.76. The van der Waals surface area contributed by atoms with Crippen LogP contribution in [0.1, 0.15) is 11.1 Å². The molecule has 0 saturated heterocycles. The Kier molecular flexibility index (Phi) is 4.31. The Balaban J connectivity index is 1.82. The minimum atomic E-state index is 0.428. The molecule has 102 valence electrons. The molecule has 0 amide bonds. The zero-order valence-electron chi connectivity index (χ0n) is 11.4. The number of thioether (sulfide) groups is 1.